The predicted octanol–water partition coefficient (Wildman–Crippen LogP) is 19.7. The predicted molar refractivity (Wildman–Crippen MR) is 299 cm³/mol. The highest BCUT2D eigenvalue weighted by Crippen LogP contribution is 2.51. The van der Waals surface area contributed by atoms with Gasteiger partial charge in [-0.25, -0.2) is 0 Å². The van der Waals surface area contributed by atoms with Crippen molar-refractivity contribution in [3.05, 3.63) is 261 Å². The maximum Gasteiger partial charge on any atom is 0.0554 e. The summed E-state index contributed by atoms with van der Waals surface area (Å²) >= 11 is 3.74. The second-order valence-corrected chi connectivity index (χ2v) is 19.4. The summed E-state index contributed by atoms with van der Waals surface area (Å²) in [6.45, 7) is 0. The van der Waals surface area contributed by atoms with E-state index in [4.69, 9.17) is 0 Å². The van der Waals surface area contributed by atoms with Gasteiger partial charge < -0.3 is 14.7 Å². The lowest BCUT2D eigenvalue weighted by molar-refractivity contribution is 1.25. The van der Waals surface area contributed by atoms with E-state index in [0.717, 1.165) is 56.7 Å². The molecule has 0 radical (unpaired) electrons. The number of para-hydroxylation sites is 5. The summed E-state index contributed by atoms with van der Waals surface area (Å²) < 4.78 is 3.85. The van der Waals surface area contributed by atoms with Crippen LogP contribution in [0.25, 0.3) is 62.2 Å². The normalized spacial score (nSPS) is 11.5. The Hall–Kier alpha value is -8.48. The second-order valence-electron chi connectivity index (χ2n) is 17.3. The van der Waals surface area contributed by atoms with Crippen molar-refractivity contribution < 1.29 is 0 Å². The Morgan fingerprint density at radius 1 is 0.261 bits per heavy atom. The molecular weight excluding hydrogens is 875 g/mol. The number of fused-ring (bicyclic) bond motifs is 8. The van der Waals surface area contributed by atoms with Crippen molar-refractivity contribution in [2.75, 3.05) is 14.7 Å². The lowest BCUT2D eigenvalue weighted by atomic mass is 9.99. The number of thiophene rings is 2. The van der Waals surface area contributed by atoms with E-state index in [-0.39, 0.29) is 0 Å². The number of hydrogen-bond acceptors (Lipinski definition) is 5. The van der Waals surface area contributed by atoms with Crippen molar-refractivity contribution in [2.24, 2.45) is 0 Å². The van der Waals surface area contributed by atoms with Crippen LogP contribution in [0.5, 0.6) is 0 Å². The molecule has 13 aromatic rings. The first-order valence-electron chi connectivity index (χ1n) is 23.3. The molecule has 0 fully saturated rings. The largest absolute Gasteiger partial charge is 0.310 e. The van der Waals surface area contributed by atoms with Gasteiger partial charge in [0, 0.05) is 85.7 Å². The molecule has 0 spiro atoms. The third-order valence-corrected chi connectivity index (χ3v) is 15.5. The van der Waals surface area contributed by atoms with E-state index in [1.807, 2.05) is 22.7 Å². The SMILES string of the molecule is c1ccc(N(c2ccccc2)c2cc(-c3cc4cc(N(c5ccccc5)c5cc6sc7ccccc7c6c6ccccc56)c5ccccc5c4s3)cc(N(c3ccccc3)c3ccccc3)c2)cc1. The van der Waals surface area contributed by atoms with Crippen LogP contribution in [0, 0.1) is 0 Å². The summed E-state index contributed by atoms with van der Waals surface area (Å²) in [6.07, 6.45) is 0. The van der Waals surface area contributed by atoms with Gasteiger partial charge in [-0.1, -0.05) is 158 Å². The molecule has 0 aliphatic heterocycles. The number of rotatable bonds is 10. The van der Waals surface area contributed by atoms with Crippen molar-refractivity contribution in [2.45, 2.75) is 0 Å². The molecule has 11 aromatic carbocycles. The number of hydrogen-bond donors (Lipinski definition) is 0. The highest BCUT2D eigenvalue weighted by Gasteiger charge is 2.24. The Kier molecular flexibility index (Phi) is 10.2. The fraction of sp³-hybridized carbons (Fsp3) is 0. The van der Waals surface area contributed by atoms with E-state index in [1.54, 1.807) is 0 Å². The van der Waals surface area contributed by atoms with Gasteiger partial charge >= 0.3 is 0 Å². The first kappa shape index (κ1) is 40.8. The van der Waals surface area contributed by atoms with E-state index in [0.29, 0.717) is 0 Å². The molecule has 326 valence electrons. The molecule has 0 aliphatic rings. The summed E-state index contributed by atoms with van der Waals surface area (Å²) in [5.41, 5.74) is 11.1. The molecule has 2 heterocycles. The van der Waals surface area contributed by atoms with Crippen LogP contribution in [-0.2, 0) is 0 Å². The van der Waals surface area contributed by atoms with E-state index < -0.39 is 0 Å². The molecule has 0 amide bonds. The van der Waals surface area contributed by atoms with Crippen LogP contribution in [0.15, 0.2) is 261 Å². The summed E-state index contributed by atoms with van der Waals surface area (Å²) in [5, 5.41) is 8.76. The zero-order valence-electron chi connectivity index (χ0n) is 37.5. The monoisotopic (exact) mass is 917 g/mol. The quantitative estimate of drug-likeness (QED) is 0.135. The van der Waals surface area contributed by atoms with E-state index >= 15 is 0 Å². The van der Waals surface area contributed by atoms with Crippen molar-refractivity contribution in [3.63, 3.8) is 0 Å². The van der Waals surface area contributed by atoms with Crippen LogP contribution in [0.3, 0.4) is 0 Å². The van der Waals surface area contributed by atoms with Gasteiger partial charge in [-0.05, 0) is 119 Å². The molecular formula is C64H43N3S2. The van der Waals surface area contributed by atoms with Crippen molar-refractivity contribution in [3.8, 4) is 10.4 Å². The van der Waals surface area contributed by atoms with Crippen LogP contribution >= 0.6 is 22.7 Å². The molecule has 3 nitrogen and oxygen atoms in total. The summed E-state index contributed by atoms with van der Waals surface area (Å²) in [7, 11) is 0. The minimum absolute atomic E-state index is 1.07. The van der Waals surface area contributed by atoms with Crippen LogP contribution in [-0.4, -0.2) is 0 Å². The topological polar surface area (TPSA) is 9.72 Å². The Labute approximate surface area is 409 Å². The maximum absolute atomic E-state index is 2.50. The van der Waals surface area contributed by atoms with Gasteiger partial charge in [0.15, 0.2) is 0 Å². The molecule has 0 unspecified atom stereocenters. The standard InChI is InChI=1S/C64H43N3S2/c1-6-22-46(23-7-1)65(47-24-8-2-9-25-47)51-38-44(39-52(42-51)66(48-26-10-3-11-27-48)49-28-12-4-13-29-49)61-41-45-40-58(54-33-17-19-35-56(54)64(45)69-61)67(50-30-14-5-15-31-50)59-43-62-63(55-34-18-16-32-53(55)59)57-36-20-21-37-60(57)68-62/h1-43H. The summed E-state index contributed by atoms with van der Waals surface area (Å²) in [6, 6.07) is 94.8. The smallest absolute Gasteiger partial charge is 0.0554 e. The van der Waals surface area contributed by atoms with Crippen molar-refractivity contribution in [1.82, 2.24) is 0 Å². The van der Waals surface area contributed by atoms with E-state index in [9.17, 15) is 0 Å². The number of anilines is 9. The molecule has 0 bridgehead atoms. The van der Waals surface area contributed by atoms with Gasteiger partial charge in [-0.2, -0.15) is 0 Å². The highest BCUT2D eigenvalue weighted by molar-refractivity contribution is 7.26. The fourth-order valence-corrected chi connectivity index (χ4v) is 12.4. The van der Waals surface area contributed by atoms with Gasteiger partial charge in [0.2, 0.25) is 0 Å². The van der Waals surface area contributed by atoms with Crippen LogP contribution < -0.4 is 14.7 Å². The third kappa shape index (κ3) is 7.28. The summed E-state index contributed by atoms with van der Waals surface area (Å²) in [5.74, 6) is 0. The first-order chi connectivity index (χ1) is 34.2. The molecule has 13 rings (SSSR count). The third-order valence-electron chi connectivity index (χ3n) is 13.1. The first-order valence-corrected chi connectivity index (χ1v) is 25.0. The average Bonchev–Trinajstić information content (AvgIpc) is 4.03. The van der Waals surface area contributed by atoms with Gasteiger partial charge in [0.1, 0.15) is 0 Å². The Bertz CT molecular complexity index is 3780. The molecule has 69 heavy (non-hydrogen) atoms. The molecule has 2 aromatic heterocycles. The highest BCUT2D eigenvalue weighted by atomic mass is 32.1. The van der Waals surface area contributed by atoms with Gasteiger partial charge in [0.25, 0.3) is 0 Å². The van der Waals surface area contributed by atoms with Crippen LogP contribution in [0.2, 0.25) is 0 Å². The Balaban J connectivity index is 1.06. The molecule has 0 saturated heterocycles. The zero-order valence-corrected chi connectivity index (χ0v) is 39.1. The zero-order chi connectivity index (χ0) is 45.7. The fourth-order valence-electron chi connectivity index (χ4n) is 10.1. The maximum atomic E-state index is 2.50. The molecule has 5 heteroatoms. The minimum Gasteiger partial charge on any atom is -0.310 e. The number of benzene rings is 11. The Morgan fingerprint density at radius 3 is 1.19 bits per heavy atom. The molecule has 0 N–H and O–H groups in total. The summed E-state index contributed by atoms with van der Waals surface area (Å²) in [4.78, 5) is 8.44. The average molecular weight is 918 g/mol. The van der Waals surface area contributed by atoms with Crippen molar-refractivity contribution in [1.29, 1.82) is 0 Å². The van der Waals surface area contributed by atoms with Crippen molar-refractivity contribution >= 4 is 126 Å². The van der Waals surface area contributed by atoms with Crippen LogP contribution in [0.4, 0.5) is 51.2 Å². The Morgan fingerprint density at radius 2 is 0.667 bits per heavy atom. The second kappa shape index (κ2) is 17.3. The van der Waals surface area contributed by atoms with E-state index in [1.165, 1.54) is 56.7 Å². The van der Waals surface area contributed by atoms with E-state index in [2.05, 4.69) is 276 Å². The molecule has 0 aliphatic carbocycles. The molecule has 0 atom stereocenters. The lowest BCUT2D eigenvalue weighted by Gasteiger charge is -2.30. The molecule has 0 saturated carbocycles. The van der Waals surface area contributed by atoms with Gasteiger partial charge in [-0.15, -0.1) is 22.7 Å². The minimum atomic E-state index is 1.07. The van der Waals surface area contributed by atoms with Gasteiger partial charge in [0.05, 0.1) is 11.4 Å². The van der Waals surface area contributed by atoms with Gasteiger partial charge in [-0.3, -0.25) is 0 Å². The lowest BCUT2D eigenvalue weighted by Crippen LogP contribution is -2.13. The number of nitrogens with zero attached hydrogens (tertiary/aromatic N) is 3. The van der Waals surface area contributed by atoms with Crippen LogP contribution in [0.1, 0.15) is 0 Å².